The van der Waals surface area contributed by atoms with E-state index >= 15 is 0 Å². The normalized spacial score (nSPS) is 10.5. The monoisotopic (exact) mass is 430 g/mol. The van der Waals surface area contributed by atoms with Gasteiger partial charge >= 0.3 is 0 Å². The van der Waals surface area contributed by atoms with Gasteiger partial charge in [0, 0.05) is 12.1 Å². The third-order valence-electron chi connectivity index (χ3n) is 4.03. The van der Waals surface area contributed by atoms with Crippen LogP contribution in [0, 0.1) is 10.1 Å². The molecule has 7 nitrogen and oxygen atoms in total. The van der Waals surface area contributed by atoms with Crippen LogP contribution in [0.15, 0.2) is 53.0 Å². The van der Waals surface area contributed by atoms with E-state index in [4.69, 9.17) is 9.47 Å². The highest BCUT2D eigenvalue weighted by atomic mass is 79.9. The van der Waals surface area contributed by atoms with Crippen LogP contribution in [0.2, 0.25) is 0 Å². The molecule has 138 valence electrons. The lowest BCUT2D eigenvalue weighted by atomic mass is 10.0. The van der Waals surface area contributed by atoms with E-state index in [1.54, 1.807) is 6.07 Å². The van der Waals surface area contributed by atoms with Crippen LogP contribution in [0.25, 0.3) is 10.8 Å². The Morgan fingerprint density at radius 1 is 1.11 bits per heavy atom. The summed E-state index contributed by atoms with van der Waals surface area (Å²) < 4.78 is 11.3. The molecule has 3 aromatic rings. The molecule has 0 saturated heterocycles. The smallest absolute Gasteiger partial charge is 0.271 e. The maximum absolute atomic E-state index is 12.9. The summed E-state index contributed by atoms with van der Waals surface area (Å²) in [6.07, 6.45) is 0. The molecular weight excluding hydrogens is 416 g/mol. The van der Waals surface area contributed by atoms with Crippen molar-refractivity contribution in [3.05, 3.63) is 68.7 Å². The first-order valence-electron chi connectivity index (χ1n) is 7.85. The molecule has 1 amide bonds. The van der Waals surface area contributed by atoms with Crippen molar-refractivity contribution in [3.8, 4) is 11.5 Å². The van der Waals surface area contributed by atoms with Crippen LogP contribution in [-0.2, 0) is 0 Å². The number of carbonyl (C=O) groups is 1. The van der Waals surface area contributed by atoms with Gasteiger partial charge in [0.05, 0.1) is 34.9 Å². The predicted molar refractivity (Wildman–Crippen MR) is 106 cm³/mol. The van der Waals surface area contributed by atoms with Gasteiger partial charge in [-0.25, -0.2) is 0 Å². The summed E-state index contributed by atoms with van der Waals surface area (Å²) in [6.45, 7) is 0. The molecule has 0 radical (unpaired) electrons. The molecule has 3 aromatic carbocycles. The summed E-state index contributed by atoms with van der Waals surface area (Å²) in [6, 6.07) is 13.2. The molecule has 1 N–H and O–H groups in total. The van der Waals surface area contributed by atoms with Crippen molar-refractivity contribution in [1.82, 2.24) is 0 Å². The second kappa shape index (κ2) is 7.63. The SMILES string of the molecule is COc1ccc([N+](=O)[O-])cc1NC(=O)c1cc2ccccc2c(Br)c1OC. The zero-order valence-electron chi connectivity index (χ0n) is 14.5. The number of rotatable bonds is 5. The molecule has 0 saturated carbocycles. The summed E-state index contributed by atoms with van der Waals surface area (Å²) in [7, 11) is 2.89. The van der Waals surface area contributed by atoms with Gasteiger partial charge in [0.2, 0.25) is 0 Å². The van der Waals surface area contributed by atoms with Crippen LogP contribution in [0.4, 0.5) is 11.4 Å². The summed E-state index contributed by atoms with van der Waals surface area (Å²) >= 11 is 3.49. The van der Waals surface area contributed by atoms with Crippen LogP contribution >= 0.6 is 15.9 Å². The van der Waals surface area contributed by atoms with E-state index in [0.29, 0.717) is 16.0 Å². The van der Waals surface area contributed by atoms with Crippen molar-refractivity contribution >= 4 is 44.0 Å². The Bertz CT molecular complexity index is 1050. The van der Waals surface area contributed by atoms with Gasteiger partial charge < -0.3 is 14.8 Å². The van der Waals surface area contributed by atoms with Crippen molar-refractivity contribution in [1.29, 1.82) is 0 Å². The Hall–Kier alpha value is -3.13. The molecule has 0 aliphatic heterocycles. The van der Waals surface area contributed by atoms with Gasteiger partial charge in [0.25, 0.3) is 11.6 Å². The summed E-state index contributed by atoms with van der Waals surface area (Å²) in [5.41, 5.74) is 0.331. The highest BCUT2D eigenvalue weighted by Crippen LogP contribution is 2.37. The number of fused-ring (bicyclic) bond motifs is 1. The number of nitro groups is 1. The molecule has 27 heavy (non-hydrogen) atoms. The first kappa shape index (κ1) is 18.7. The van der Waals surface area contributed by atoms with E-state index in [-0.39, 0.29) is 16.9 Å². The largest absolute Gasteiger partial charge is 0.495 e. The first-order chi connectivity index (χ1) is 13.0. The number of carbonyl (C=O) groups excluding carboxylic acids is 1. The number of benzene rings is 3. The fourth-order valence-corrected chi connectivity index (χ4v) is 3.49. The molecule has 0 aromatic heterocycles. The fourth-order valence-electron chi connectivity index (χ4n) is 2.75. The summed E-state index contributed by atoms with van der Waals surface area (Å²) in [5.74, 6) is 0.209. The molecule has 0 spiro atoms. The zero-order valence-corrected chi connectivity index (χ0v) is 16.1. The molecule has 0 aliphatic carbocycles. The third kappa shape index (κ3) is 3.56. The van der Waals surface area contributed by atoms with Crippen LogP contribution in [0.3, 0.4) is 0 Å². The van der Waals surface area contributed by atoms with Gasteiger partial charge in [-0.3, -0.25) is 14.9 Å². The van der Waals surface area contributed by atoms with E-state index in [1.165, 1.54) is 32.4 Å². The minimum Gasteiger partial charge on any atom is -0.495 e. The van der Waals surface area contributed by atoms with Crippen molar-refractivity contribution in [2.45, 2.75) is 0 Å². The molecule has 8 heteroatoms. The molecule has 0 aliphatic rings. The van der Waals surface area contributed by atoms with E-state index in [1.807, 2.05) is 24.3 Å². The van der Waals surface area contributed by atoms with Crippen LogP contribution in [0.5, 0.6) is 11.5 Å². The number of hydrogen-bond donors (Lipinski definition) is 1. The number of non-ortho nitro benzene ring substituents is 1. The molecule has 0 unspecified atom stereocenters. The molecule has 0 atom stereocenters. The summed E-state index contributed by atoms with van der Waals surface area (Å²) in [4.78, 5) is 23.4. The predicted octanol–water partition coefficient (Wildman–Crippen LogP) is 4.78. The standard InChI is InChI=1S/C19H15BrN2O5/c1-26-16-8-7-12(22(24)25)10-15(16)21-19(23)14-9-11-5-3-4-6-13(11)17(20)18(14)27-2/h3-10H,1-2H3,(H,21,23). The van der Waals surface area contributed by atoms with Crippen molar-refractivity contribution in [2.75, 3.05) is 19.5 Å². The Balaban J connectivity index is 2.07. The molecule has 0 bridgehead atoms. The minimum absolute atomic E-state index is 0.155. The van der Waals surface area contributed by atoms with Gasteiger partial charge in [-0.15, -0.1) is 0 Å². The van der Waals surface area contributed by atoms with Crippen molar-refractivity contribution in [3.63, 3.8) is 0 Å². The average molecular weight is 431 g/mol. The van der Waals surface area contributed by atoms with E-state index in [9.17, 15) is 14.9 Å². The lowest BCUT2D eigenvalue weighted by Gasteiger charge is -2.14. The average Bonchev–Trinajstić information content (AvgIpc) is 2.67. The quantitative estimate of drug-likeness (QED) is 0.464. The van der Waals surface area contributed by atoms with Gasteiger partial charge in [-0.1, -0.05) is 24.3 Å². The second-order valence-corrected chi connectivity index (χ2v) is 6.38. The maximum Gasteiger partial charge on any atom is 0.271 e. The van der Waals surface area contributed by atoms with Crippen LogP contribution in [0.1, 0.15) is 10.4 Å². The summed E-state index contributed by atoms with van der Waals surface area (Å²) in [5, 5.41) is 15.4. The number of anilines is 1. The number of nitrogens with one attached hydrogen (secondary N) is 1. The first-order valence-corrected chi connectivity index (χ1v) is 8.64. The Labute approximate surface area is 163 Å². The third-order valence-corrected chi connectivity index (χ3v) is 4.82. The number of hydrogen-bond acceptors (Lipinski definition) is 5. The van der Waals surface area contributed by atoms with E-state index in [2.05, 4.69) is 21.2 Å². The van der Waals surface area contributed by atoms with Crippen molar-refractivity contribution in [2.24, 2.45) is 0 Å². The zero-order chi connectivity index (χ0) is 19.6. The molecule has 3 rings (SSSR count). The maximum atomic E-state index is 12.9. The number of ether oxygens (including phenoxy) is 2. The highest BCUT2D eigenvalue weighted by molar-refractivity contribution is 9.10. The van der Waals surface area contributed by atoms with Crippen LogP contribution in [-0.4, -0.2) is 25.1 Å². The Kier molecular flexibility index (Phi) is 5.27. The minimum atomic E-state index is -0.539. The Morgan fingerprint density at radius 3 is 2.52 bits per heavy atom. The number of halogens is 1. The van der Waals surface area contributed by atoms with E-state index < -0.39 is 10.8 Å². The Morgan fingerprint density at radius 2 is 1.85 bits per heavy atom. The number of nitro benzene ring substituents is 1. The van der Waals surface area contributed by atoms with Gasteiger partial charge in [0.1, 0.15) is 11.5 Å². The number of amides is 1. The second-order valence-electron chi connectivity index (χ2n) is 5.59. The molecule has 0 fully saturated rings. The number of methoxy groups -OCH3 is 2. The lowest BCUT2D eigenvalue weighted by molar-refractivity contribution is -0.384. The van der Waals surface area contributed by atoms with E-state index in [0.717, 1.165) is 10.8 Å². The lowest BCUT2D eigenvalue weighted by Crippen LogP contribution is -2.14. The molecule has 0 heterocycles. The molecular formula is C19H15BrN2O5. The van der Waals surface area contributed by atoms with Gasteiger partial charge in [-0.2, -0.15) is 0 Å². The van der Waals surface area contributed by atoms with Crippen LogP contribution < -0.4 is 14.8 Å². The number of nitrogens with zero attached hydrogens (tertiary/aromatic N) is 1. The topological polar surface area (TPSA) is 90.7 Å². The van der Waals surface area contributed by atoms with Gasteiger partial charge in [0.15, 0.2) is 0 Å². The highest BCUT2D eigenvalue weighted by Gasteiger charge is 2.20. The fraction of sp³-hybridized carbons (Fsp3) is 0.105. The van der Waals surface area contributed by atoms with Crippen molar-refractivity contribution < 1.29 is 19.2 Å². The van der Waals surface area contributed by atoms with Gasteiger partial charge in [-0.05, 0) is 38.8 Å².